The van der Waals surface area contributed by atoms with Crippen LogP contribution in [-0.4, -0.2) is 26.5 Å². The van der Waals surface area contributed by atoms with Crippen LogP contribution >= 0.6 is 0 Å². The summed E-state index contributed by atoms with van der Waals surface area (Å²) >= 11 is 0. The van der Waals surface area contributed by atoms with Crippen LogP contribution < -0.4 is 10.9 Å². The maximum Gasteiger partial charge on any atom is 0.278 e. The molecule has 0 unspecified atom stereocenters. The summed E-state index contributed by atoms with van der Waals surface area (Å²) < 4.78 is 14.7. The van der Waals surface area contributed by atoms with Gasteiger partial charge in [-0.05, 0) is 31.0 Å². The van der Waals surface area contributed by atoms with Crippen LogP contribution in [0, 0.1) is 5.82 Å². The predicted octanol–water partition coefficient (Wildman–Crippen LogP) is 2.47. The standard InChI is InChI=1S/C18H19FN4O2/c19-11-6-7-14-13(8-11)16-17(22-14)18(25)23(10-20-16)9-15(24)21-12-4-2-1-3-5-12/h6-8,10,12,22H,1-5,9H2,(H,21,24). The summed E-state index contributed by atoms with van der Waals surface area (Å²) in [7, 11) is 0. The van der Waals surface area contributed by atoms with Crippen LogP contribution in [0.3, 0.4) is 0 Å². The number of fused-ring (bicyclic) bond motifs is 3. The molecule has 0 radical (unpaired) electrons. The second kappa shape index (κ2) is 6.31. The van der Waals surface area contributed by atoms with E-state index >= 15 is 0 Å². The zero-order valence-electron chi connectivity index (χ0n) is 13.7. The molecule has 1 aliphatic rings. The molecule has 0 aliphatic heterocycles. The number of nitrogens with one attached hydrogen (secondary N) is 2. The van der Waals surface area contributed by atoms with Gasteiger partial charge in [-0.1, -0.05) is 19.3 Å². The molecule has 1 aromatic carbocycles. The van der Waals surface area contributed by atoms with E-state index in [9.17, 15) is 14.0 Å². The maximum atomic E-state index is 13.4. The third-order valence-electron chi connectivity index (χ3n) is 4.82. The molecule has 1 saturated carbocycles. The Hall–Kier alpha value is -2.70. The quantitative estimate of drug-likeness (QED) is 0.767. The summed E-state index contributed by atoms with van der Waals surface area (Å²) in [5, 5.41) is 3.55. The first-order valence-electron chi connectivity index (χ1n) is 8.57. The van der Waals surface area contributed by atoms with Gasteiger partial charge in [0, 0.05) is 16.9 Å². The van der Waals surface area contributed by atoms with E-state index in [-0.39, 0.29) is 35.4 Å². The van der Waals surface area contributed by atoms with Gasteiger partial charge in [0.25, 0.3) is 5.56 Å². The molecule has 3 aromatic rings. The van der Waals surface area contributed by atoms with E-state index in [4.69, 9.17) is 0 Å². The lowest BCUT2D eigenvalue weighted by molar-refractivity contribution is -0.122. The van der Waals surface area contributed by atoms with Crippen molar-refractivity contribution in [1.29, 1.82) is 0 Å². The zero-order valence-corrected chi connectivity index (χ0v) is 13.7. The number of benzene rings is 1. The third kappa shape index (κ3) is 3.01. The Morgan fingerprint density at radius 2 is 2.12 bits per heavy atom. The molecular weight excluding hydrogens is 323 g/mol. The topological polar surface area (TPSA) is 79.8 Å². The van der Waals surface area contributed by atoms with Crippen LogP contribution in [0.5, 0.6) is 0 Å². The number of aromatic nitrogens is 3. The molecule has 0 bridgehead atoms. The fourth-order valence-electron chi connectivity index (χ4n) is 3.55. The highest BCUT2D eigenvalue weighted by Gasteiger charge is 2.17. The number of H-pyrrole nitrogens is 1. The minimum atomic E-state index is -0.383. The molecule has 25 heavy (non-hydrogen) atoms. The van der Waals surface area contributed by atoms with Crippen molar-refractivity contribution >= 4 is 27.8 Å². The van der Waals surface area contributed by atoms with Gasteiger partial charge in [-0.3, -0.25) is 14.2 Å². The van der Waals surface area contributed by atoms with Crippen molar-refractivity contribution in [3.63, 3.8) is 0 Å². The van der Waals surface area contributed by atoms with Crippen LogP contribution in [0.4, 0.5) is 4.39 Å². The molecule has 2 aromatic heterocycles. The Bertz CT molecular complexity index is 1000. The van der Waals surface area contributed by atoms with E-state index in [0.29, 0.717) is 16.4 Å². The molecule has 0 spiro atoms. The number of carbonyl (C=O) groups excluding carboxylic acids is 1. The molecule has 2 heterocycles. The van der Waals surface area contributed by atoms with Gasteiger partial charge in [-0.15, -0.1) is 0 Å². The van der Waals surface area contributed by atoms with Crippen molar-refractivity contribution in [2.24, 2.45) is 0 Å². The number of nitrogens with zero attached hydrogens (tertiary/aromatic N) is 2. The lowest BCUT2D eigenvalue weighted by atomic mass is 9.95. The summed E-state index contributed by atoms with van der Waals surface area (Å²) in [5.41, 5.74) is 1.02. The fraction of sp³-hybridized carbons (Fsp3) is 0.389. The molecule has 0 atom stereocenters. The van der Waals surface area contributed by atoms with Gasteiger partial charge >= 0.3 is 0 Å². The predicted molar refractivity (Wildman–Crippen MR) is 92.8 cm³/mol. The van der Waals surface area contributed by atoms with Crippen LogP contribution in [0.15, 0.2) is 29.3 Å². The first-order chi connectivity index (χ1) is 12.1. The van der Waals surface area contributed by atoms with Gasteiger partial charge in [0.05, 0.1) is 6.33 Å². The molecule has 0 saturated heterocycles. The summed E-state index contributed by atoms with van der Waals surface area (Å²) in [6, 6.07) is 4.45. The Morgan fingerprint density at radius 1 is 1.32 bits per heavy atom. The number of hydrogen-bond donors (Lipinski definition) is 2. The molecular formula is C18H19FN4O2. The van der Waals surface area contributed by atoms with Gasteiger partial charge in [-0.2, -0.15) is 0 Å². The SMILES string of the molecule is O=C(Cn1cnc2c([nH]c3ccc(F)cc32)c1=O)NC1CCCCC1. The Kier molecular flexibility index (Phi) is 3.99. The van der Waals surface area contributed by atoms with Crippen molar-refractivity contribution in [2.75, 3.05) is 0 Å². The Labute approximate surface area is 143 Å². The van der Waals surface area contributed by atoms with Crippen LogP contribution in [0.1, 0.15) is 32.1 Å². The van der Waals surface area contributed by atoms with E-state index in [1.54, 1.807) is 6.07 Å². The lowest BCUT2D eigenvalue weighted by Gasteiger charge is -2.22. The number of rotatable bonds is 3. The fourth-order valence-corrected chi connectivity index (χ4v) is 3.55. The highest BCUT2D eigenvalue weighted by atomic mass is 19.1. The van der Waals surface area contributed by atoms with E-state index < -0.39 is 0 Å². The second-order valence-electron chi connectivity index (χ2n) is 6.62. The molecule has 4 rings (SSSR count). The molecule has 1 aliphatic carbocycles. The molecule has 6 nitrogen and oxygen atoms in total. The molecule has 130 valence electrons. The van der Waals surface area contributed by atoms with Gasteiger partial charge in [-0.25, -0.2) is 9.37 Å². The average molecular weight is 342 g/mol. The van der Waals surface area contributed by atoms with Crippen molar-refractivity contribution in [2.45, 2.75) is 44.7 Å². The van der Waals surface area contributed by atoms with Crippen molar-refractivity contribution in [1.82, 2.24) is 19.9 Å². The van der Waals surface area contributed by atoms with Gasteiger partial charge in [0.2, 0.25) is 5.91 Å². The maximum absolute atomic E-state index is 13.4. The smallest absolute Gasteiger partial charge is 0.278 e. The summed E-state index contributed by atoms with van der Waals surface area (Å²) in [6.45, 7) is -0.0675. The Morgan fingerprint density at radius 3 is 2.92 bits per heavy atom. The minimum absolute atomic E-state index is 0.0675. The first-order valence-corrected chi connectivity index (χ1v) is 8.57. The summed E-state index contributed by atoms with van der Waals surface area (Å²) in [6.07, 6.45) is 6.81. The molecule has 1 amide bonds. The van der Waals surface area contributed by atoms with E-state index in [1.807, 2.05) is 0 Å². The zero-order chi connectivity index (χ0) is 17.4. The van der Waals surface area contributed by atoms with E-state index in [0.717, 1.165) is 25.7 Å². The molecule has 7 heteroatoms. The normalized spacial score (nSPS) is 15.7. The highest BCUT2D eigenvalue weighted by Crippen LogP contribution is 2.22. The van der Waals surface area contributed by atoms with Crippen molar-refractivity contribution < 1.29 is 9.18 Å². The minimum Gasteiger partial charge on any atom is -0.352 e. The van der Waals surface area contributed by atoms with E-state index in [2.05, 4.69) is 15.3 Å². The average Bonchev–Trinajstić information content (AvgIpc) is 2.97. The van der Waals surface area contributed by atoms with Gasteiger partial charge in [0.1, 0.15) is 23.4 Å². The Balaban J connectivity index is 1.62. The van der Waals surface area contributed by atoms with E-state index in [1.165, 1.54) is 29.4 Å². The summed E-state index contributed by atoms with van der Waals surface area (Å²) in [5.74, 6) is -0.566. The second-order valence-corrected chi connectivity index (χ2v) is 6.62. The number of amides is 1. The first kappa shape index (κ1) is 15.8. The van der Waals surface area contributed by atoms with Crippen LogP contribution in [0.2, 0.25) is 0 Å². The van der Waals surface area contributed by atoms with Crippen molar-refractivity contribution in [3.8, 4) is 0 Å². The van der Waals surface area contributed by atoms with Crippen LogP contribution in [0.25, 0.3) is 21.9 Å². The number of carbonyl (C=O) groups is 1. The molecule has 2 N–H and O–H groups in total. The van der Waals surface area contributed by atoms with Gasteiger partial charge < -0.3 is 10.3 Å². The van der Waals surface area contributed by atoms with Crippen molar-refractivity contribution in [3.05, 3.63) is 40.7 Å². The number of halogens is 1. The monoisotopic (exact) mass is 342 g/mol. The van der Waals surface area contributed by atoms with Gasteiger partial charge in [0.15, 0.2) is 0 Å². The number of aromatic amines is 1. The number of hydrogen-bond acceptors (Lipinski definition) is 3. The van der Waals surface area contributed by atoms with Crippen LogP contribution in [-0.2, 0) is 11.3 Å². The third-order valence-corrected chi connectivity index (χ3v) is 4.82. The highest BCUT2D eigenvalue weighted by molar-refractivity contribution is 6.04. The largest absolute Gasteiger partial charge is 0.352 e. The molecule has 1 fully saturated rings. The lowest BCUT2D eigenvalue weighted by Crippen LogP contribution is -2.39. The summed E-state index contributed by atoms with van der Waals surface area (Å²) in [4.78, 5) is 32.1.